The molecule has 0 aromatic carbocycles. The molecule has 4 aliphatic rings. The summed E-state index contributed by atoms with van der Waals surface area (Å²) in [5, 5.41) is 25.4. The van der Waals surface area contributed by atoms with Gasteiger partial charge in [-0.15, -0.1) is 0 Å². The molecule has 4 rings (SSSR count). The molecule has 4 aliphatic carbocycles. The van der Waals surface area contributed by atoms with Crippen molar-refractivity contribution in [1.29, 1.82) is 0 Å². The van der Waals surface area contributed by atoms with E-state index >= 15 is 0 Å². The van der Waals surface area contributed by atoms with E-state index in [-0.39, 0.29) is 23.5 Å². The van der Waals surface area contributed by atoms with Gasteiger partial charge in [0.25, 0.3) is 0 Å². The van der Waals surface area contributed by atoms with Crippen LogP contribution in [0.3, 0.4) is 0 Å². The molecule has 0 aliphatic heterocycles. The van der Waals surface area contributed by atoms with Gasteiger partial charge in [0.1, 0.15) is 0 Å². The molecule has 4 unspecified atom stereocenters. The lowest BCUT2D eigenvalue weighted by Gasteiger charge is -2.62. The fourth-order valence-electron chi connectivity index (χ4n) is 11.7. The van der Waals surface area contributed by atoms with Gasteiger partial charge in [0, 0.05) is 13.0 Å². The quantitative estimate of drug-likeness (QED) is 0.109. The van der Waals surface area contributed by atoms with Gasteiger partial charge >= 0.3 is 0 Å². The van der Waals surface area contributed by atoms with Crippen LogP contribution >= 0.6 is 0 Å². The molecule has 0 radical (unpaired) electrons. The monoisotopic (exact) mass is 644 g/mol. The van der Waals surface area contributed by atoms with Gasteiger partial charge in [0.05, 0.1) is 12.2 Å². The maximum Gasteiger partial charge on any atom is 0.220 e. The number of amides is 1. The third-order valence-corrected chi connectivity index (χ3v) is 14.7. The lowest BCUT2D eigenvalue weighted by atomic mass is 9.43. The number of fused-ring (bicyclic) bond motifs is 5. The van der Waals surface area contributed by atoms with Crippen molar-refractivity contribution in [3.8, 4) is 0 Å². The molecular weight excluding hydrogens is 566 g/mol. The zero-order chi connectivity index (χ0) is 33.0. The maximum atomic E-state index is 12.8. The molecule has 4 heteroatoms. The predicted octanol–water partition coefficient (Wildman–Crippen LogP) is 10.8. The molecule has 0 saturated heterocycles. The highest BCUT2D eigenvalue weighted by atomic mass is 16.3. The van der Waals surface area contributed by atoms with Crippen molar-refractivity contribution in [3.63, 3.8) is 0 Å². The topological polar surface area (TPSA) is 69.6 Å². The minimum Gasteiger partial charge on any atom is -0.393 e. The minimum atomic E-state index is -0.236. The summed E-state index contributed by atoms with van der Waals surface area (Å²) in [7, 11) is 0. The average Bonchev–Trinajstić information content (AvgIpc) is 3.41. The molecule has 1 amide bonds. The lowest BCUT2D eigenvalue weighted by molar-refractivity contribution is -0.174. The van der Waals surface area contributed by atoms with Gasteiger partial charge < -0.3 is 15.5 Å². The van der Waals surface area contributed by atoms with E-state index in [1.165, 1.54) is 122 Å². The highest BCUT2D eigenvalue weighted by Gasteiger charge is 2.63. The number of hydrogen-bond donors (Lipinski definition) is 3. The second-order valence-electron chi connectivity index (χ2n) is 17.6. The molecule has 0 bridgehead atoms. The summed E-state index contributed by atoms with van der Waals surface area (Å²) < 4.78 is 0. The Kier molecular flexibility index (Phi) is 15.7. The predicted molar refractivity (Wildman–Crippen MR) is 194 cm³/mol. The van der Waals surface area contributed by atoms with E-state index in [0.717, 1.165) is 51.0 Å². The Labute approximate surface area is 285 Å². The third kappa shape index (κ3) is 9.76. The van der Waals surface area contributed by atoms with E-state index in [1.807, 2.05) is 0 Å². The van der Waals surface area contributed by atoms with Crippen LogP contribution in [0, 0.1) is 46.3 Å². The molecule has 0 aromatic rings. The van der Waals surface area contributed by atoms with Gasteiger partial charge in [-0.2, -0.15) is 0 Å². The summed E-state index contributed by atoms with van der Waals surface area (Å²) >= 11 is 0. The van der Waals surface area contributed by atoms with Gasteiger partial charge in [0.2, 0.25) is 5.91 Å². The Hall–Kier alpha value is -0.610. The Morgan fingerprint density at radius 1 is 0.739 bits per heavy atom. The van der Waals surface area contributed by atoms with Crippen molar-refractivity contribution in [2.75, 3.05) is 6.54 Å². The fourth-order valence-corrected chi connectivity index (χ4v) is 11.7. The standard InChI is InChI=1S/C42H77NO3/c1-5-6-7-8-9-10-11-12-13-14-15-16-17-18-19-20-29-43-40(46)26-21-32(2)36-24-25-37-35-23-22-33-30-34(44)27-28-41(33,3)38(35)31-39(45)42(36,37)4/h32-39,44-45H,5-31H2,1-4H3,(H,43,46)/t32-,33?,34-,35?,36-,37?,38?,39+,41+,42-/m1/s1. The smallest absolute Gasteiger partial charge is 0.220 e. The summed E-state index contributed by atoms with van der Waals surface area (Å²) in [5.41, 5.74) is 0.278. The van der Waals surface area contributed by atoms with Crippen molar-refractivity contribution in [2.45, 2.75) is 207 Å². The molecule has 3 N–H and O–H groups in total. The van der Waals surface area contributed by atoms with Gasteiger partial charge in [-0.1, -0.05) is 124 Å². The Bertz CT molecular complexity index is 877. The van der Waals surface area contributed by atoms with Crippen LogP contribution in [0.1, 0.15) is 195 Å². The molecule has 10 atom stereocenters. The molecular formula is C42H77NO3. The van der Waals surface area contributed by atoms with Crippen molar-refractivity contribution < 1.29 is 15.0 Å². The summed E-state index contributed by atoms with van der Waals surface area (Å²) in [5.74, 6) is 3.79. The first-order valence-electron chi connectivity index (χ1n) is 20.8. The lowest BCUT2D eigenvalue weighted by Crippen LogP contribution is -2.58. The van der Waals surface area contributed by atoms with E-state index in [0.29, 0.717) is 41.4 Å². The summed E-state index contributed by atoms with van der Waals surface area (Å²) in [6.07, 6.45) is 32.2. The third-order valence-electron chi connectivity index (χ3n) is 14.7. The van der Waals surface area contributed by atoms with Gasteiger partial charge in [-0.3, -0.25) is 4.79 Å². The molecule has 4 nitrogen and oxygen atoms in total. The molecule has 0 spiro atoms. The average molecular weight is 644 g/mol. The van der Waals surface area contributed by atoms with Crippen LogP contribution in [-0.2, 0) is 4.79 Å². The highest BCUT2D eigenvalue weighted by Crippen LogP contribution is 2.68. The zero-order valence-electron chi connectivity index (χ0n) is 31.0. The molecule has 0 aromatic heterocycles. The fraction of sp³-hybridized carbons (Fsp3) is 0.976. The molecule has 268 valence electrons. The largest absolute Gasteiger partial charge is 0.393 e. The van der Waals surface area contributed by atoms with Crippen molar-refractivity contribution in [2.24, 2.45) is 46.3 Å². The van der Waals surface area contributed by atoms with E-state index in [1.54, 1.807) is 0 Å². The van der Waals surface area contributed by atoms with Gasteiger partial charge in [0.15, 0.2) is 0 Å². The number of rotatable bonds is 21. The van der Waals surface area contributed by atoms with Gasteiger partial charge in [-0.25, -0.2) is 0 Å². The molecule has 4 fully saturated rings. The number of nitrogens with one attached hydrogen (secondary N) is 1. The second-order valence-corrected chi connectivity index (χ2v) is 17.6. The van der Waals surface area contributed by atoms with Crippen LogP contribution in [0.5, 0.6) is 0 Å². The van der Waals surface area contributed by atoms with Crippen LogP contribution in [0.15, 0.2) is 0 Å². The SMILES string of the molecule is CCCCCCCCCCCCCCCCCCNC(=O)CC[C@@H](C)[C@H]1CCC2C3CCC4C[C@H](O)CC[C@]4(C)C3C[C@H](O)[C@@]21C. The number of unbranched alkanes of at least 4 members (excludes halogenated alkanes) is 15. The summed E-state index contributed by atoms with van der Waals surface area (Å²) in [6, 6.07) is 0. The van der Waals surface area contributed by atoms with Crippen molar-refractivity contribution in [3.05, 3.63) is 0 Å². The summed E-state index contributed by atoms with van der Waals surface area (Å²) in [6.45, 7) is 10.4. The maximum absolute atomic E-state index is 12.8. The zero-order valence-corrected chi connectivity index (χ0v) is 31.0. The van der Waals surface area contributed by atoms with Crippen LogP contribution in [0.25, 0.3) is 0 Å². The number of aliphatic hydroxyl groups excluding tert-OH is 2. The van der Waals surface area contributed by atoms with Crippen molar-refractivity contribution >= 4 is 5.91 Å². The van der Waals surface area contributed by atoms with E-state index in [4.69, 9.17) is 0 Å². The van der Waals surface area contributed by atoms with E-state index in [9.17, 15) is 15.0 Å². The number of hydrogen-bond acceptors (Lipinski definition) is 3. The first-order valence-corrected chi connectivity index (χ1v) is 20.8. The van der Waals surface area contributed by atoms with E-state index < -0.39 is 0 Å². The van der Waals surface area contributed by atoms with Crippen LogP contribution in [0.4, 0.5) is 0 Å². The minimum absolute atomic E-state index is 0.0119. The number of carbonyl (C=O) groups excluding carboxylic acids is 1. The Morgan fingerprint density at radius 2 is 1.33 bits per heavy atom. The molecule has 4 saturated carbocycles. The van der Waals surface area contributed by atoms with Gasteiger partial charge in [-0.05, 0) is 111 Å². The normalized spacial score (nSPS) is 36.1. The second kappa shape index (κ2) is 19.0. The van der Waals surface area contributed by atoms with E-state index in [2.05, 4.69) is 33.0 Å². The molecule has 46 heavy (non-hydrogen) atoms. The van der Waals surface area contributed by atoms with Crippen LogP contribution < -0.4 is 5.32 Å². The van der Waals surface area contributed by atoms with Crippen molar-refractivity contribution in [1.82, 2.24) is 5.32 Å². The summed E-state index contributed by atoms with van der Waals surface area (Å²) in [4.78, 5) is 12.8. The number of aliphatic hydroxyl groups is 2. The Morgan fingerprint density at radius 3 is 1.93 bits per heavy atom. The first-order chi connectivity index (χ1) is 22.2. The Balaban J connectivity index is 1.04. The van der Waals surface area contributed by atoms with Crippen LogP contribution in [0.2, 0.25) is 0 Å². The van der Waals surface area contributed by atoms with Crippen LogP contribution in [-0.4, -0.2) is 34.9 Å². The number of carbonyl (C=O) groups is 1. The highest BCUT2D eigenvalue weighted by molar-refractivity contribution is 5.75. The first kappa shape index (κ1) is 38.2. The molecule has 0 heterocycles.